The Kier molecular flexibility index (Phi) is 2.49. The summed E-state index contributed by atoms with van der Waals surface area (Å²) >= 11 is 0. The molecular weight excluding hydrogens is 194 g/mol. The monoisotopic (exact) mass is 205 g/mol. The van der Waals surface area contributed by atoms with Crippen LogP contribution in [0.4, 0.5) is 11.6 Å². The fraction of sp³-hybridized carbons (Fsp3) is 0.222. The highest BCUT2D eigenvalue weighted by Crippen LogP contribution is 2.06. The average molecular weight is 205 g/mol. The van der Waals surface area contributed by atoms with E-state index in [9.17, 15) is 0 Å². The molecule has 2 heterocycles. The van der Waals surface area contributed by atoms with Crippen molar-refractivity contribution >= 4 is 11.6 Å². The van der Waals surface area contributed by atoms with Crippen LogP contribution < -0.4 is 11.1 Å². The van der Waals surface area contributed by atoms with Crippen molar-refractivity contribution in [2.24, 2.45) is 0 Å². The maximum atomic E-state index is 5.41. The first-order valence-corrected chi connectivity index (χ1v) is 4.48. The molecule has 3 N–H and O–H groups in total. The van der Waals surface area contributed by atoms with E-state index in [0.717, 1.165) is 5.76 Å². The largest absolute Gasteiger partial charge is 0.444 e. The highest BCUT2D eigenvalue weighted by molar-refractivity contribution is 5.38. The predicted molar refractivity (Wildman–Crippen MR) is 55.0 cm³/mol. The van der Waals surface area contributed by atoms with Gasteiger partial charge in [-0.1, -0.05) is 0 Å². The molecule has 6 heteroatoms. The summed E-state index contributed by atoms with van der Waals surface area (Å²) in [6.07, 6.45) is 1.67. The Hall–Kier alpha value is -2.11. The molecular formula is C9H11N5O. The fourth-order valence-corrected chi connectivity index (χ4v) is 1.09. The number of anilines is 2. The third-order valence-electron chi connectivity index (χ3n) is 1.78. The van der Waals surface area contributed by atoms with Gasteiger partial charge in [-0.25, -0.2) is 4.98 Å². The van der Waals surface area contributed by atoms with Crippen LogP contribution in [0.15, 0.2) is 22.7 Å². The minimum Gasteiger partial charge on any atom is -0.444 e. The second-order valence-electron chi connectivity index (χ2n) is 3.06. The molecule has 2 aromatic heterocycles. The molecule has 0 spiro atoms. The maximum absolute atomic E-state index is 5.41. The third-order valence-corrected chi connectivity index (χ3v) is 1.78. The Bertz CT molecular complexity index is 436. The maximum Gasteiger partial charge on any atom is 0.213 e. The van der Waals surface area contributed by atoms with Crippen molar-refractivity contribution in [3.05, 3.63) is 30.0 Å². The van der Waals surface area contributed by atoms with Gasteiger partial charge in [0.1, 0.15) is 17.4 Å². The van der Waals surface area contributed by atoms with E-state index in [1.165, 1.54) is 0 Å². The van der Waals surface area contributed by atoms with Gasteiger partial charge < -0.3 is 15.5 Å². The SMILES string of the molecule is Cc1cnc(CNc2ccc(N)nn2)o1. The Morgan fingerprint density at radius 3 is 2.87 bits per heavy atom. The minimum atomic E-state index is 0.396. The highest BCUT2D eigenvalue weighted by Gasteiger charge is 2.00. The first kappa shape index (κ1) is 9.45. The number of rotatable bonds is 3. The van der Waals surface area contributed by atoms with E-state index in [0.29, 0.717) is 24.1 Å². The van der Waals surface area contributed by atoms with Crippen LogP contribution in [-0.4, -0.2) is 15.2 Å². The Balaban J connectivity index is 1.96. The number of aromatic nitrogens is 3. The summed E-state index contributed by atoms with van der Waals surface area (Å²) in [5.74, 6) is 2.44. The zero-order chi connectivity index (χ0) is 10.7. The normalized spacial score (nSPS) is 10.2. The van der Waals surface area contributed by atoms with Crippen molar-refractivity contribution in [1.82, 2.24) is 15.2 Å². The summed E-state index contributed by atoms with van der Waals surface area (Å²) in [4.78, 5) is 4.05. The van der Waals surface area contributed by atoms with Gasteiger partial charge in [-0.05, 0) is 19.1 Å². The van der Waals surface area contributed by atoms with Crippen LogP contribution in [0.2, 0.25) is 0 Å². The van der Waals surface area contributed by atoms with Gasteiger partial charge in [0.15, 0.2) is 0 Å². The summed E-state index contributed by atoms with van der Waals surface area (Å²) in [5, 5.41) is 10.6. The Morgan fingerprint density at radius 1 is 1.40 bits per heavy atom. The van der Waals surface area contributed by atoms with E-state index in [4.69, 9.17) is 10.2 Å². The first-order chi connectivity index (χ1) is 7.24. The van der Waals surface area contributed by atoms with Crippen molar-refractivity contribution in [1.29, 1.82) is 0 Å². The lowest BCUT2D eigenvalue weighted by Gasteiger charge is -2.01. The molecule has 0 unspecified atom stereocenters. The van der Waals surface area contributed by atoms with Crippen molar-refractivity contribution in [2.75, 3.05) is 11.1 Å². The molecule has 2 rings (SSSR count). The number of nitrogen functional groups attached to an aromatic ring is 1. The molecule has 0 saturated carbocycles. The van der Waals surface area contributed by atoms with E-state index in [-0.39, 0.29) is 0 Å². The number of hydrogen-bond acceptors (Lipinski definition) is 6. The molecule has 78 valence electrons. The van der Waals surface area contributed by atoms with Crippen LogP contribution in [-0.2, 0) is 6.54 Å². The van der Waals surface area contributed by atoms with Gasteiger partial charge in [0.05, 0.1) is 12.7 Å². The lowest BCUT2D eigenvalue weighted by molar-refractivity contribution is 0.478. The average Bonchev–Trinajstić information content (AvgIpc) is 2.64. The van der Waals surface area contributed by atoms with E-state index < -0.39 is 0 Å². The predicted octanol–water partition coefficient (Wildman–Crippen LogP) is 0.967. The molecule has 0 atom stereocenters. The number of hydrogen-bond donors (Lipinski definition) is 2. The Labute approximate surface area is 86.5 Å². The molecule has 0 aliphatic heterocycles. The number of nitrogens with one attached hydrogen (secondary N) is 1. The molecule has 0 amide bonds. The van der Waals surface area contributed by atoms with Crippen LogP contribution in [0.1, 0.15) is 11.7 Å². The highest BCUT2D eigenvalue weighted by atomic mass is 16.4. The molecule has 0 fully saturated rings. The van der Waals surface area contributed by atoms with Gasteiger partial charge >= 0.3 is 0 Å². The summed E-state index contributed by atoms with van der Waals surface area (Å²) in [6, 6.07) is 3.42. The third kappa shape index (κ3) is 2.43. The molecule has 0 aromatic carbocycles. The molecule has 0 bridgehead atoms. The summed E-state index contributed by atoms with van der Waals surface area (Å²) in [5.41, 5.74) is 5.41. The Morgan fingerprint density at radius 2 is 2.27 bits per heavy atom. The van der Waals surface area contributed by atoms with Crippen molar-refractivity contribution in [3.8, 4) is 0 Å². The van der Waals surface area contributed by atoms with Crippen LogP contribution in [0.3, 0.4) is 0 Å². The topological polar surface area (TPSA) is 89.9 Å². The lowest BCUT2D eigenvalue weighted by Crippen LogP contribution is -2.03. The van der Waals surface area contributed by atoms with Crippen molar-refractivity contribution in [2.45, 2.75) is 13.5 Å². The minimum absolute atomic E-state index is 0.396. The summed E-state index contributed by atoms with van der Waals surface area (Å²) < 4.78 is 5.28. The molecule has 2 aromatic rings. The fourth-order valence-electron chi connectivity index (χ4n) is 1.09. The molecule has 0 aliphatic rings. The smallest absolute Gasteiger partial charge is 0.213 e. The number of oxazole rings is 1. The zero-order valence-corrected chi connectivity index (χ0v) is 8.27. The number of nitrogens with two attached hydrogens (primary N) is 1. The first-order valence-electron chi connectivity index (χ1n) is 4.48. The zero-order valence-electron chi connectivity index (χ0n) is 8.27. The number of aryl methyl sites for hydroxylation is 1. The van der Waals surface area contributed by atoms with Gasteiger partial charge in [0.2, 0.25) is 5.89 Å². The van der Waals surface area contributed by atoms with Gasteiger partial charge in [-0.2, -0.15) is 0 Å². The summed E-state index contributed by atoms with van der Waals surface area (Å²) in [6.45, 7) is 2.33. The summed E-state index contributed by atoms with van der Waals surface area (Å²) in [7, 11) is 0. The quantitative estimate of drug-likeness (QED) is 0.775. The van der Waals surface area contributed by atoms with Gasteiger partial charge in [0, 0.05) is 0 Å². The van der Waals surface area contributed by atoms with E-state index in [1.807, 2.05) is 6.92 Å². The standard InChI is InChI=1S/C9H11N5O/c1-6-4-12-9(15-6)5-11-8-3-2-7(10)13-14-8/h2-4H,5H2,1H3,(H2,10,13)(H,11,14). The molecule has 0 aliphatic carbocycles. The van der Waals surface area contributed by atoms with E-state index >= 15 is 0 Å². The molecule has 15 heavy (non-hydrogen) atoms. The second-order valence-corrected chi connectivity index (χ2v) is 3.06. The molecule has 6 nitrogen and oxygen atoms in total. The lowest BCUT2D eigenvalue weighted by atomic mass is 10.5. The molecule has 0 radical (unpaired) electrons. The van der Waals surface area contributed by atoms with Gasteiger partial charge in [0.25, 0.3) is 0 Å². The molecule has 0 saturated heterocycles. The van der Waals surface area contributed by atoms with Gasteiger partial charge in [-0.3, -0.25) is 0 Å². The van der Waals surface area contributed by atoms with Crippen LogP contribution >= 0.6 is 0 Å². The van der Waals surface area contributed by atoms with Gasteiger partial charge in [-0.15, -0.1) is 10.2 Å². The van der Waals surface area contributed by atoms with Crippen molar-refractivity contribution < 1.29 is 4.42 Å². The van der Waals surface area contributed by atoms with E-state index in [1.54, 1.807) is 18.3 Å². The number of nitrogens with zero attached hydrogens (tertiary/aromatic N) is 3. The second kappa shape index (κ2) is 3.95. The van der Waals surface area contributed by atoms with Crippen molar-refractivity contribution in [3.63, 3.8) is 0 Å². The van der Waals surface area contributed by atoms with Crippen LogP contribution in [0.25, 0.3) is 0 Å². The van der Waals surface area contributed by atoms with E-state index in [2.05, 4.69) is 20.5 Å². The van der Waals surface area contributed by atoms with Crippen LogP contribution in [0, 0.1) is 6.92 Å². The van der Waals surface area contributed by atoms with Crippen LogP contribution in [0.5, 0.6) is 0 Å².